The molecule has 5 N–H and O–H groups in total. The second-order valence-corrected chi connectivity index (χ2v) is 11.1. The lowest BCUT2D eigenvalue weighted by Crippen LogP contribution is -2.52. The molecule has 0 bridgehead atoms. The van der Waals surface area contributed by atoms with Crippen molar-refractivity contribution in [1.82, 2.24) is 4.98 Å². The molecule has 180 valence electrons. The third kappa shape index (κ3) is 4.77. The van der Waals surface area contributed by atoms with E-state index in [-0.39, 0.29) is 34.3 Å². The molecule has 0 unspecified atom stereocenters. The molecule has 0 radical (unpaired) electrons. The fraction of sp³-hybridized carbons (Fsp3) is 0.381. The predicted octanol–water partition coefficient (Wildman–Crippen LogP) is 4.50. The van der Waals surface area contributed by atoms with E-state index in [1.807, 2.05) is 0 Å². The van der Waals surface area contributed by atoms with Crippen LogP contribution in [0.15, 0.2) is 35.5 Å². The smallest absolute Gasteiger partial charge is 0.387 e. The summed E-state index contributed by atoms with van der Waals surface area (Å²) < 4.78 is 63.9. The first kappa shape index (κ1) is 24.8. The number of anilines is 1. The first-order chi connectivity index (χ1) is 15.2. The van der Waals surface area contributed by atoms with E-state index in [4.69, 9.17) is 5.73 Å². The lowest BCUT2D eigenvalue weighted by Gasteiger charge is -2.53. The Bertz CT molecular complexity index is 1130. The molecule has 0 fully saturated rings. The lowest BCUT2D eigenvalue weighted by atomic mass is 9.92. The Morgan fingerprint density at radius 2 is 1.94 bits per heavy atom. The van der Waals surface area contributed by atoms with E-state index in [0.29, 0.717) is 5.56 Å². The summed E-state index contributed by atoms with van der Waals surface area (Å²) in [6.45, 7) is 3.12. The number of aryl methyl sites for hydroxylation is 1. The molecule has 0 aliphatic carbocycles. The SMILES string of the molecule is Cc1cc(OC(F)F)cnc1C(=O)Nc1ccc(F)c([C@]2(C)CS(O)(O)C(C)(C)C(N)=N2)c1. The predicted molar refractivity (Wildman–Crippen MR) is 121 cm³/mol. The Labute approximate surface area is 190 Å². The molecule has 0 saturated carbocycles. The van der Waals surface area contributed by atoms with Gasteiger partial charge < -0.3 is 15.8 Å². The van der Waals surface area contributed by atoms with E-state index in [9.17, 15) is 27.1 Å². The second-order valence-electron chi connectivity index (χ2n) is 8.46. The van der Waals surface area contributed by atoms with Crippen molar-refractivity contribution in [1.29, 1.82) is 0 Å². The summed E-state index contributed by atoms with van der Waals surface area (Å²) in [7, 11) is -3.27. The Hall–Kier alpha value is -2.83. The van der Waals surface area contributed by atoms with Crippen LogP contribution in [0.5, 0.6) is 5.75 Å². The summed E-state index contributed by atoms with van der Waals surface area (Å²) in [4.78, 5) is 20.9. The molecule has 1 atom stereocenters. The van der Waals surface area contributed by atoms with Gasteiger partial charge in [0, 0.05) is 11.3 Å². The standard InChI is InChI=1S/C21H25F3N4O4S/c1-11-7-13(32-19(23)24)9-26-16(11)17(29)27-12-5-6-15(22)14(8-12)21(4)10-33(30,31)20(2,3)18(25)28-21/h5-9,19,30-31H,10H2,1-4H3,(H2,25,28)(H,27,29)/t21-/m0/s1. The molecule has 0 saturated heterocycles. The molecule has 1 aliphatic heterocycles. The van der Waals surface area contributed by atoms with Crippen LogP contribution in [0, 0.1) is 12.7 Å². The number of carbonyl (C=O) groups is 1. The van der Waals surface area contributed by atoms with Gasteiger partial charge in [-0.1, -0.05) is 0 Å². The normalized spacial score (nSPS) is 22.4. The molecular formula is C21H25F3N4O4S. The average molecular weight is 487 g/mol. The number of hydrogen-bond donors (Lipinski definition) is 4. The van der Waals surface area contributed by atoms with Crippen molar-refractivity contribution in [3.63, 3.8) is 0 Å². The average Bonchev–Trinajstić information content (AvgIpc) is 2.67. The van der Waals surface area contributed by atoms with Gasteiger partial charge in [0.2, 0.25) is 0 Å². The van der Waals surface area contributed by atoms with Gasteiger partial charge in [0.15, 0.2) is 0 Å². The number of rotatable bonds is 5. The number of nitrogens with zero attached hydrogens (tertiary/aromatic N) is 2. The zero-order valence-corrected chi connectivity index (χ0v) is 19.2. The van der Waals surface area contributed by atoms with Crippen LogP contribution in [0.25, 0.3) is 0 Å². The van der Waals surface area contributed by atoms with Crippen molar-refractivity contribution < 1.29 is 31.8 Å². The van der Waals surface area contributed by atoms with Gasteiger partial charge in [0.05, 0.1) is 11.9 Å². The zero-order chi connectivity index (χ0) is 24.8. The minimum Gasteiger partial charge on any atom is -0.433 e. The molecule has 1 aliphatic rings. The van der Waals surface area contributed by atoms with Gasteiger partial charge in [-0.05, 0) is 57.5 Å². The molecule has 33 heavy (non-hydrogen) atoms. The van der Waals surface area contributed by atoms with Crippen LogP contribution >= 0.6 is 10.6 Å². The number of halogens is 3. The number of amidine groups is 1. The van der Waals surface area contributed by atoms with Crippen LogP contribution in [0.4, 0.5) is 18.9 Å². The third-order valence-electron chi connectivity index (χ3n) is 5.58. The summed E-state index contributed by atoms with van der Waals surface area (Å²) in [6.07, 6.45) is 0.997. The maximum Gasteiger partial charge on any atom is 0.387 e. The van der Waals surface area contributed by atoms with Crippen molar-refractivity contribution in [2.45, 2.75) is 44.6 Å². The molecule has 12 heteroatoms. The largest absolute Gasteiger partial charge is 0.433 e. The molecule has 2 heterocycles. The number of pyridine rings is 1. The minimum atomic E-state index is -3.27. The highest BCUT2D eigenvalue weighted by atomic mass is 32.3. The fourth-order valence-electron chi connectivity index (χ4n) is 3.47. The number of amides is 1. The van der Waals surface area contributed by atoms with Crippen LogP contribution in [0.2, 0.25) is 0 Å². The molecule has 3 rings (SSSR count). The number of hydrogen-bond acceptors (Lipinski definition) is 7. The van der Waals surface area contributed by atoms with Gasteiger partial charge in [-0.25, -0.2) is 9.37 Å². The summed E-state index contributed by atoms with van der Waals surface area (Å²) in [6, 6.07) is 5.02. The highest BCUT2D eigenvalue weighted by molar-refractivity contribution is 8.26. The maximum absolute atomic E-state index is 14.8. The van der Waals surface area contributed by atoms with E-state index in [1.165, 1.54) is 32.0 Å². The number of alkyl halides is 2. The van der Waals surface area contributed by atoms with Crippen molar-refractivity contribution in [3.05, 3.63) is 53.1 Å². The van der Waals surface area contributed by atoms with Crippen LogP contribution < -0.4 is 15.8 Å². The number of carbonyl (C=O) groups excluding carboxylic acids is 1. The Morgan fingerprint density at radius 1 is 1.27 bits per heavy atom. The van der Waals surface area contributed by atoms with E-state index in [0.717, 1.165) is 12.3 Å². The number of nitrogens with one attached hydrogen (secondary N) is 1. The van der Waals surface area contributed by atoms with Gasteiger partial charge in [0.1, 0.15) is 33.4 Å². The fourth-order valence-corrected chi connectivity index (χ4v) is 5.22. The highest BCUT2D eigenvalue weighted by Crippen LogP contribution is 2.59. The molecule has 1 aromatic carbocycles. The lowest BCUT2D eigenvalue weighted by molar-refractivity contribution is -0.0501. The Kier molecular flexibility index (Phi) is 6.39. The van der Waals surface area contributed by atoms with E-state index in [1.54, 1.807) is 13.8 Å². The molecule has 8 nitrogen and oxygen atoms in total. The number of benzene rings is 1. The van der Waals surface area contributed by atoms with Crippen molar-refractivity contribution >= 4 is 28.0 Å². The number of aromatic nitrogens is 1. The summed E-state index contributed by atoms with van der Waals surface area (Å²) >= 11 is 0. The summed E-state index contributed by atoms with van der Waals surface area (Å²) in [5.41, 5.74) is 5.08. The topological polar surface area (TPSA) is 130 Å². The van der Waals surface area contributed by atoms with E-state index in [2.05, 4.69) is 20.0 Å². The molecule has 1 amide bonds. The second kappa shape index (κ2) is 8.50. The van der Waals surface area contributed by atoms with Crippen LogP contribution in [0.1, 0.15) is 42.4 Å². The minimum absolute atomic E-state index is 0.0176. The third-order valence-corrected chi connectivity index (χ3v) is 8.39. The van der Waals surface area contributed by atoms with Gasteiger partial charge in [-0.15, -0.1) is 0 Å². The molecule has 0 spiro atoms. The van der Waals surface area contributed by atoms with E-state index >= 15 is 0 Å². The van der Waals surface area contributed by atoms with Crippen LogP contribution in [-0.4, -0.2) is 42.9 Å². The first-order valence-corrected chi connectivity index (χ1v) is 11.5. The first-order valence-electron chi connectivity index (χ1n) is 9.80. The van der Waals surface area contributed by atoms with Gasteiger partial charge in [0.25, 0.3) is 5.91 Å². The van der Waals surface area contributed by atoms with E-state index < -0.39 is 39.2 Å². The van der Waals surface area contributed by atoms with Gasteiger partial charge in [-0.2, -0.15) is 19.4 Å². The maximum atomic E-state index is 14.8. The molecule has 1 aromatic heterocycles. The Balaban J connectivity index is 1.91. The number of ether oxygens (including phenoxy) is 1. The van der Waals surface area contributed by atoms with Crippen LogP contribution in [-0.2, 0) is 5.54 Å². The number of aliphatic imine (C=N–C) groups is 1. The van der Waals surface area contributed by atoms with Gasteiger partial charge >= 0.3 is 6.61 Å². The molecular weight excluding hydrogens is 461 g/mol. The van der Waals surface area contributed by atoms with Crippen molar-refractivity contribution in [2.24, 2.45) is 10.7 Å². The highest BCUT2D eigenvalue weighted by Gasteiger charge is 2.49. The van der Waals surface area contributed by atoms with Crippen molar-refractivity contribution in [3.8, 4) is 5.75 Å². The zero-order valence-electron chi connectivity index (χ0n) is 18.4. The van der Waals surface area contributed by atoms with Crippen LogP contribution in [0.3, 0.4) is 0 Å². The molecule has 2 aromatic rings. The number of nitrogens with two attached hydrogens (primary N) is 1. The van der Waals surface area contributed by atoms with Gasteiger partial charge in [-0.3, -0.25) is 18.9 Å². The monoisotopic (exact) mass is 486 g/mol. The van der Waals surface area contributed by atoms with Crippen molar-refractivity contribution in [2.75, 3.05) is 11.1 Å². The summed E-state index contributed by atoms with van der Waals surface area (Å²) in [5.74, 6) is -1.78. The summed E-state index contributed by atoms with van der Waals surface area (Å²) in [5, 5.41) is 2.58. The quantitative estimate of drug-likeness (QED) is 0.492. The Morgan fingerprint density at radius 3 is 2.52 bits per heavy atom.